The van der Waals surface area contributed by atoms with Gasteiger partial charge in [-0.05, 0) is 83.5 Å². The van der Waals surface area contributed by atoms with Crippen LogP contribution in [0.3, 0.4) is 0 Å². The van der Waals surface area contributed by atoms with Crippen LogP contribution in [0.4, 0.5) is 0 Å². The number of unbranched alkanes of at least 4 members (excludes halogenated alkanes) is 38. The number of rotatable bonds is 59. The predicted molar refractivity (Wildman–Crippen MR) is 321 cm³/mol. The molecule has 1 atom stereocenters. The summed E-state index contributed by atoms with van der Waals surface area (Å²) in [6.07, 6.45) is 79.4. The predicted octanol–water partition coefficient (Wildman–Crippen LogP) is 21.9. The van der Waals surface area contributed by atoms with E-state index in [1.54, 1.807) is 0 Å². The van der Waals surface area contributed by atoms with E-state index in [0.29, 0.717) is 19.3 Å². The zero-order valence-corrected chi connectivity index (χ0v) is 49.4. The molecule has 1 unspecified atom stereocenters. The number of ether oxygens (including phenoxy) is 3. The summed E-state index contributed by atoms with van der Waals surface area (Å²) >= 11 is 0. The van der Waals surface area contributed by atoms with Gasteiger partial charge in [-0.15, -0.1) is 0 Å². The number of esters is 3. The summed E-state index contributed by atoms with van der Waals surface area (Å²) in [5, 5.41) is 0. The van der Waals surface area contributed by atoms with E-state index < -0.39 is 6.10 Å². The summed E-state index contributed by atoms with van der Waals surface area (Å²) in [5.41, 5.74) is 0. The number of allylic oxidation sites excluding steroid dienone is 10. The van der Waals surface area contributed by atoms with Crippen LogP contribution in [0.15, 0.2) is 60.8 Å². The Kier molecular flexibility index (Phi) is 60.2. The van der Waals surface area contributed by atoms with Crippen LogP contribution in [0.2, 0.25) is 0 Å². The zero-order chi connectivity index (χ0) is 53.6. The van der Waals surface area contributed by atoms with Crippen molar-refractivity contribution in [2.24, 2.45) is 0 Å². The molecule has 6 heteroatoms. The van der Waals surface area contributed by atoms with E-state index in [1.807, 2.05) is 0 Å². The highest BCUT2D eigenvalue weighted by atomic mass is 16.6. The molecule has 6 nitrogen and oxygen atoms in total. The maximum absolute atomic E-state index is 12.9. The lowest BCUT2D eigenvalue weighted by molar-refractivity contribution is -0.167. The Hall–Kier alpha value is -2.89. The number of hydrogen-bond donors (Lipinski definition) is 0. The largest absolute Gasteiger partial charge is 0.462 e. The summed E-state index contributed by atoms with van der Waals surface area (Å²) in [4.78, 5) is 38.3. The molecule has 0 amide bonds. The maximum Gasteiger partial charge on any atom is 0.306 e. The number of carbonyl (C=O) groups is 3. The Morgan fingerprint density at radius 3 is 0.851 bits per heavy atom. The fourth-order valence-electron chi connectivity index (χ4n) is 9.43. The third kappa shape index (κ3) is 60.0. The van der Waals surface area contributed by atoms with Gasteiger partial charge in [-0.1, -0.05) is 293 Å². The second-order valence-electron chi connectivity index (χ2n) is 21.6. The Labute approximate surface area is 460 Å². The lowest BCUT2D eigenvalue weighted by atomic mass is 10.0. The molecule has 0 aliphatic carbocycles. The van der Waals surface area contributed by atoms with Crippen molar-refractivity contribution in [3.05, 3.63) is 60.8 Å². The van der Waals surface area contributed by atoms with Gasteiger partial charge in [-0.25, -0.2) is 0 Å². The third-order valence-electron chi connectivity index (χ3n) is 14.3. The van der Waals surface area contributed by atoms with Crippen LogP contribution in [0.1, 0.15) is 335 Å². The molecular formula is C68H122O6. The Morgan fingerprint density at radius 2 is 0.527 bits per heavy atom. The molecule has 0 aromatic carbocycles. The highest BCUT2D eigenvalue weighted by molar-refractivity contribution is 5.71. The normalized spacial score (nSPS) is 12.4. The van der Waals surface area contributed by atoms with Gasteiger partial charge in [0.2, 0.25) is 0 Å². The first kappa shape index (κ1) is 71.1. The van der Waals surface area contributed by atoms with Crippen LogP contribution in [-0.4, -0.2) is 37.2 Å². The van der Waals surface area contributed by atoms with Crippen molar-refractivity contribution in [1.29, 1.82) is 0 Å². The molecule has 0 fully saturated rings. The van der Waals surface area contributed by atoms with Crippen molar-refractivity contribution in [2.75, 3.05) is 13.2 Å². The fraction of sp³-hybridized carbons (Fsp3) is 0.809. The van der Waals surface area contributed by atoms with Crippen molar-refractivity contribution < 1.29 is 28.6 Å². The monoisotopic (exact) mass is 1030 g/mol. The molecule has 0 bridgehead atoms. The highest BCUT2D eigenvalue weighted by Gasteiger charge is 2.19. The number of hydrogen-bond acceptors (Lipinski definition) is 6. The molecule has 0 N–H and O–H groups in total. The minimum Gasteiger partial charge on any atom is -0.462 e. The molecule has 0 aromatic heterocycles. The minimum absolute atomic E-state index is 0.0727. The summed E-state index contributed by atoms with van der Waals surface area (Å²) in [5.74, 6) is -0.862. The average molecular weight is 1040 g/mol. The molecule has 0 aliphatic heterocycles. The van der Waals surface area contributed by atoms with E-state index in [0.717, 1.165) is 89.9 Å². The molecule has 0 heterocycles. The molecule has 0 aliphatic rings. The van der Waals surface area contributed by atoms with Crippen molar-refractivity contribution >= 4 is 17.9 Å². The van der Waals surface area contributed by atoms with Crippen molar-refractivity contribution in [3.63, 3.8) is 0 Å². The van der Waals surface area contributed by atoms with E-state index in [9.17, 15) is 14.4 Å². The quantitative estimate of drug-likeness (QED) is 0.0261. The Morgan fingerprint density at radius 1 is 0.284 bits per heavy atom. The van der Waals surface area contributed by atoms with E-state index >= 15 is 0 Å². The van der Waals surface area contributed by atoms with Gasteiger partial charge in [0.1, 0.15) is 13.2 Å². The van der Waals surface area contributed by atoms with E-state index in [4.69, 9.17) is 14.2 Å². The zero-order valence-electron chi connectivity index (χ0n) is 49.4. The van der Waals surface area contributed by atoms with Crippen LogP contribution < -0.4 is 0 Å². The second kappa shape index (κ2) is 62.6. The average Bonchev–Trinajstić information content (AvgIpc) is 3.40. The summed E-state index contributed by atoms with van der Waals surface area (Å²) in [6, 6.07) is 0. The second-order valence-corrected chi connectivity index (χ2v) is 21.6. The van der Waals surface area contributed by atoms with E-state index in [2.05, 4.69) is 81.5 Å². The lowest BCUT2D eigenvalue weighted by Crippen LogP contribution is -2.30. The molecule has 0 aromatic rings. The molecule has 0 radical (unpaired) electrons. The molecule has 430 valence electrons. The Bertz CT molecular complexity index is 1330. The molecule has 0 saturated heterocycles. The van der Waals surface area contributed by atoms with Crippen molar-refractivity contribution in [1.82, 2.24) is 0 Å². The van der Waals surface area contributed by atoms with Gasteiger partial charge >= 0.3 is 17.9 Å². The van der Waals surface area contributed by atoms with Gasteiger partial charge in [-0.3, -0.25) is 14.4 Å². The molecule has 0 saturated carbocycles. The molecular weight excluding hydrogens is 913 g/mol. The molecule has 74 heavy (non-hydrogen) atoms. The van der Waals surface area contributed by atoms with Crippen LogP contribution in [-0.2, 0) is 28.6 Å². The van der Waals surface area contributed by atoms with Crippen LogP contribution in [0.25, 0.3) is 0 Å². The van der Waals surface area contributed by atoms with E-state index in [1.165, 1.54) is 205 Å². The maximum atomic E-state index is 12.9. The van der Waals surface area contributed by atoms with Gasteiger partial charge in [-0.2, -0.15) is 0 Å². The molecule has 0 rings (SSSR count). The third-order valence-corrected chi connectivity index (χ3v) is 14.3. The summed E-state index contributed by atoms with van der Waals surface area (Å²) in [7, 11) is 0. The van der Waals surface area contributed by atoms with Crippen LogP contribution >= 0.6 is 0 Å². The first-order valence-corrected chi connectivity index (χ1v) is 32.3. The van der Waals surface area contributed by atoms with Gasteiger partial charge in [0, 0.05) is 19.3 Å². The fourth-order valence-corrected chi connectivity index (χ4v) is 9.43. The lowest BCUT2D eigenvalue weighted by Gasteiger charge is -2.18. The summed E-state index contributed by atoms with van der Waals surface area (Å²) < 4.78 is 16.9. The van der Waals surface area contributed by atoms with Crippen LogP contribution in [0.5, 0.6) is 0 Å². The van der Waals surface area contributed by atoms with Gasteiger partial charge in [0.05, 0.1) is 0 Å². The van der Waals surface area contributed by atoms with Gasteiger partial charge in [0.15, 0.2) is 6.10 Å². The highest BCUT2D eigenvalue weighted by Crippen LogP contribution is 2.17. The molecule has 0 spiro atoms. The smallest absolute Gasteiger partial charge is 0.306 e. The van der Waals surface area contributed by atoms with Gasteiger partial charge < -0.3 is 14.2 Å². The standard InChI is InChI=1S/C68H122O6/c1-4-7-10-13-16-19-22-25-27-29-30-31-32-33-34-35-36-37-38-39-41-43-46-49-52-55-58-61-67(70)73-64-65(63-72-66(69)60-57-54-51-48-45-42-24-21-18-15-12-9-6-3)74-68(71)62-59-56-53-50-47-44-40-28-26-23-20-17-14-11-8-5-2/h7,10,16,19,21,24-25,27,30-31,65H,4-6,8-9,11-15,17-18,20,22-23,26,28-29,32-64H2,1-3H3/b10-7-,19-16-,24-21-,27-25-,31-30-. The summed E-state index contributed by atoms with van der Waals surface area (Å²) in [6.45, 7) is 6.55. The minimum atomic E-state index is -0.775. The SMILES string of the molecule is CC/C=C\C/C=C\C/C=C\C/C=C\CCCCCCCCCCCCCCCCC(=O)OCC(COC(=O)CCCCCCC/C=C\CCCCCC)OC(=O)CCCCCCCCCCCCCCCCCC. The van der Waals surface area contributed by atoms with Crippen molar-refractivity contribution in [3.8, 4) is 0 Å². The van der Waals surface area contributed by atoms with Crippen molar-refractivity contribution in [2.45, 2.75) is 341 Å². The number of carbonyl (C=O) groups excluding carboxylic acids is 3. The van der Waals surface area contributed by atoms with E-state index in [-0.39, 0.29) is 31.1 Å². The van der Waals surface area contributed by atoms with Gasteiger partial charge in [0.25, 0.3) is 0 Å². The topological polar surface area (TPSA) is 78.9 Å². The first-order chi connectivity index (χ1) is 36.5. The Balaban J connectivity index is 4.23. The van der Waals surface area contributed by atoms with Crippen LogP contribution in [0, 0.1) is 0 Å². The first-order valence-electron chi connectivity index (χ1n) is 32.3.